The van der Waals surface area contributed by atoms with Crippen molar-refractivity contribution in [1.82, 2.24) is 5.32 Å². The van der Waals surface area contributed by atoms with Gasteiger partial charge in [0.2, 0.25) is 0 Å². The minimum absolute atomic E-state index is 0.206. The molecule has 0 saturated carbocycles. The molecule has 22 heavy (non-hydrogen) atoms. The number of nitrogens with one attached hydrogen (secondary N) is 1. The maximum absolute atomic E-state index is 12.5. The Morgan fingerprint density at radius 1 is 0.955 bits per heavy atom. The number of hydrogen-bond donors (Lipinski definition) is 1. The molecule has 3 rings (SSSR count). The van der Waals surface area contributed by atoms with E-state index in [4.69, 9.17) is 35.4 Å². The van der Waals surface area contributed by atoms with Crippen LogP contribution in [0.3, 0.4) is 0 Å². The molecule has 0 unspecified atom stereocenters. The normalized spacial score (nSPS) is 16.3. The van der Waals surface area contributed by atoms with Gasteiger partial charge >= 0.3 is 0 Å². The number of rotatable bonds is 2. The van der Waals surface area contributed by atoms with Crippen LogP contribution < -0.4 is 10.2 Å². The van der Waals surface area contributed by atoms with Gasteiger partial charge in [0.15, 0.2) is 5.11 Å². The highest BCUT2D eigenvalue weighted by molar-refractivity contribution is 7.80. The third kappa shape index (κ3) is 2.99. The maximum atomic E-state index is 12.5. The third-order valence-corrected chi connectivity index (χ3v) is 3.93. The molecule has 1 heterocycles. The van der Waals surface area contributed by atoms with E-state index in [-0.39, 0.29) is 5.91 Å². The molecular formula is C16H10Cl2N2OS. The number of amides is 1. The van der Waals surface area contributed by atoms with Crippen LogP contribution in [0.1, 0.15) is 5.56 Å². The summed E-state index contributed by atoms with van der Waals surface area (Å²) in [6.07, 6.45) is 1.74. The zero-order valence-corrected chi connectivity index (χ0v) is 13.5. The topological polar surface area (TPSA) is 32.3 Å². The Balaban J connectivity index is 1.91. The fourth-order valence-electron chi connectivity index (χ4n) is 2.09. The molecule has 1 aliphatic rings. The fraction of sp³-hybridized carbons (Fsp3) is 0. The average Bonchev–Trinajstić information content (AvgIpc) is 2.77. The standard InChI is InChI=1S/C16H10Cl2N2OS/c17-11-3-1-10(2-4-11)9-14-15(21)20(16(22)19-14)13-7-5-12(18)6-8-13/h1-9H,(H,19,22)/b14-9+. The predicted molar refractivity (Wildman–Crippen MR) is 94.1 cm³/mol. The summed E-state index contributed by atoms with van der Waals surface area (Å²) < 4.78 is 0. The largest absolute Gasteiger partial charge is 0.327 e. The summed E-state index contributed by atoms with van der Waals surface area (Å²) in [6.45, 7) is 0. The van der Waals surface area contributed by atoms with E-state index in [0.717, 1.165) is 5.56 Å². The Kier molecular flexibility index (Phi) is 4.16. The van der Waals surface area contributed by atoms with E-state index in [2.05, 4.69) is 5.32 Å². The van der Waals surface area contributed by atoms with Gasteiger partial charge in [0.05, 0.1) is 5.69 Å². The van der Waals surface area contributed by atoms with Crippen molar-refractivity contribution in [3.63, 3.8) is 0 Å². The summed E-state index contributed by atoms with van der Waals surface area (Å²) in [5.74, 6) is -0.206. The fourth-order valence-corrected chi connectivity index (χ4v) is 2.64. The summed E-state index contributed by atoms with van der Waals surface area (Å²) >= 11 is 17.0. The highest BCUT2D eigenvalue weighted by atomic mass is 35.5. The van der Waals surface area contributed by atoms with Gasteiger partial charge in [0.1, 0.15) is 5.70 Å². The molecule has 0 aromatic heterocycles. The summed E-state index contributed by atoms with van der Waals surface area (Å²) in [5.41, 5.74) is 1.95. The number of hydrogen-bond acceptors (Lipinski definition) is 2. The van der Waals surface area contributed by atoms with Gasteiger partial charge in [-0.25, -0.2) is 0 Å². The molecule has 3 nitrogen and oxygen atoms in total. The van der Waals surface area contributed by atoms with Crippen molar-refractivity contribution >= 4 is 58.2 Å². The molecule has 1 saturated heterocycles. The Morgan fingerprint density at radius 2 is 1.50 bits per heavy atom. The van der Waals surface area contributed by atoms with E-state index in [9.17, 15) is 4.79 Å². The van der Waals surface area contributed by atoms with Gasteiger partial charge in [-0.15, -0.1) is 0 Å². The second kappa shape index (κ2) is 6.08. The number of carbonyl (C=O) groups is 1. The molecule has 1 N–H and O–H groups in total. The molecule has 2 aromatic rings. The Labute approximate surface area is 143 Å². The lowest BCUT2D eigenvalue weighted by Crippen LogP contribution is -2.30. The lowest BCUT2D eigenvalue weighted by atomic mass is 10.2. The van der Waals surface area contributed by atoms with E-state index in [0.29, 0.717) is 26.5 Å². The van der Waals surface area contributed by atoms with E-state index >= 15 is 0 Å². The number of thiocarbonyl (C=S) groups is 1. The molecule has 0 aliphatic carbocycles. The first-order valence-electron chi connectivity index (χ1n) is 6.43. The van der Waals surface area contributed by atoms with Crippen LogP contribution in [0.5, 0.6) is 0 Å². The number of nitrogens with zero attached hydrogens (tertiary/aromatic N) is 1. The SMILES string of the molecule is O=C1/C(=C\c2ccc(Cl)cc2)NC(=S)N1c1ccc(Cl)cc1. The summed E-state index contributed by atoms with van der Waals surface area (Å²) in [4.78, 5) is 14.0. The maximum Gasteiger partial charge on any atom is 0.281 e. The van der Waals surface area contributed by atoms with Gasteiger partial charge in [0.25, 0.3) is 5.91 Å². The highest BCUT2D eigenvalue weighted by Gasteiger charge is 2.31. The van der Waals surface area contributed by atoms with Crippen LogP contribution in [0.25, 0.3) is 6.08 Å². The zero-order valence-electron chi connectivity index (χ0n) is 11.2. The van der Waals surface area contributed by atoms with E-state index in [1.165, 1.54) is 4.90 Å². The van der Waals surface area contributed by atoms with Gasteiger partial charge < -0.3 is 5.32 Å². The van der Waals surface area contributed by atoms with Crippen LogP contribution in [0.2, 0.25) is 10.0 Å². The number of carbonyl (C=O) groups excluding carboxylic acids is 1. The molecule has 1 amide bonds. The van der Waals surface area contributed by atoms with Gasteiger partial charge in [0, 0.05) is 10.0 Å². The van der Waals surface area contributed by atoms with Gasteiger partial charge in [-0.2, -0.15) is 0 Å². The van der Waals surface area contributed by atoms with Crippen LogP contribution in [-0.4, -0.2) is 11.0 Å². The van der Waals surface area contributed by atoms with Crippen molar-refractivity contribution in [3.05, 3.63) is 69.8 Å². The molecule has 0 bridgehead atoms. The average molecular weight is 349 g/mol. The summed E-state index contributed by atoms with van der Waals surface area (Å²) in [7, 11) is 0. The first kappa shape index (κ1) is 15.0. The molecule has 1 fully saturated rings. The third-order valence-electron chi connectivity index (χ3n) is 3.14. The smallest absolute Gasteiger partial charge is 0.281 e. The Hall–Kier alpha value is -1.88. The lowest BCUT2D eigenvalue weighted by molar-refractivity contribution is -0.113. The predicted octanol–water partition coefficient (Wildman–Crippen LogP) is 4.26. The van der Waals surface area contributed by atoms with Crippen molar-refractivity contribution in [3.8, 4) is 0 Å². The second-order valence-electron chi connectivity index (χ2n) is 4.66. The number of benzene rings is 2. The molecular weight excluding hydrogens is 339 g/mol. The lowest BCUT2D eigenvalue weighted by Gasteiger charge is -2.13. The molecule has 2 aromatic carbocycles. The molecule has 0 atom stereocenters. The zero-order chi connectivity index (χ0) is 15.7. The highest BCUT2D eigenvalue weighted by Crippen LogP contribution is 2.24. The van der Waals surface area contributed by atoms with E-state index < -0.39 is 0 Å². The van der Waals surface area contributed by atoms with Gasteiger partial charge in [-0.3, -0.25) is 9.69 Å². The first-order chi connectivity index (χ1) is 10.5. The van der Waals surface area contributed by atoms with Crippen LogP contribution in [0, 0.1) is 0 Å². The van der Waals surface area contributed by atoms with Crippen LogP contribution >= 0.6 is 35.4 Å². The van der Waals surface area contributed by atoms with Gasteiger partial charge in [-0.05, 0) is 60.3 Å². The summed E-state index contributed by atoms with van der Waals surface area (Å²) in [5, 5.41) is 4.52. The molecule has 0 radical (unpaired) electrons. The quantitative estimate of drug-likeness (QED) is 0.650. The second-order valence-corrected chi connectivity index (χ2v) is 5.92. The Bertz CT molecular complexity index is 770. The number of halogens is 2. The Morgan fingerprint density at radius 3 is 2.09 bits per heavy atom. The van der Waals surface area contributed by atoms with E-state index in [1.807, 2.05) is 12.1 Å². The molecule has 1 aliphatic heterocycles. The van der Waals surface area contributed by atoms with E-state index in [1.54, 1.807) is 42.5 Å². The van der Waals surface area contributed by atoms with Crippen molar-refractivity contribution < 1.29 is 4.79 Å². The molecule has 110 valence electrons. The number of anilines is 1. The van der Waals surface area contributed by atoms with Gasteiger partial charge in [-0.1, -0.05) is 35.3 Å². The van der Waals surface area contributed by atoms with Crippen LogP contribution in [0.4, 0.5) is 5.69 Å². The van der Waals surface area contributed by atoms with Crippen molar-refractivity contribution in [2.45, 2.75) is 0 Å². The molecule has 0 spiro atoms. The first-order valence-corrected chi connectivity index (χ1v) is 7.59. The molecule has 6 heteroatoms. The summed E-state index contributed by atoms with van der Waals surface area (Å²) in [6, 6.07) is 14.1. The minimum atomic E-state index is -0.206. The monoisotopic (exact) mass is 348 g/mol. The van der Waals surface area contributed by atoms with Crippen molar-refractivity contribution in [2.24, 2.45) is 0 Å². The van der Waals surface area contributed by atoms with Crippen molar-refractivity contribution in [2.75, 3.05) is 4.90 Å². The van der Waals surface area contributed by atoms with Crippen LogP contribution in [-0.2, 0) is 4.79 Å². The van der Waals surface area contributed by atoms with Crippen molar-refractivity contribution in [1.29, 1.82) is 0 Å². The minimum Gasteiger partial charge on any atom is -0.327 e. The van der Waals surface area contributed by atoms with Crippen LogP contribution in [0.15, 0.2) is 54.2 Å².